The molecule has 0 radical (unpaired) electrons. The molecule has 0 saturated carbocycles. The van der Waals surface area contributed by atoms with Crippen molar-refractivity contribution in [2.45, 2.75) is 169 Å². The van der Waals surface area contributed by atoms with Crippen LogP contribution < -0.4 is 0 Å². The van der Waals surface area contributed by atoms with E-state index >= 15 is 0 Å². The summed E-state index contributed by atoms with van der Waals surface area (Å²) < 4.78 is 16.2. The zero-order valence-electron chi connectivity index (χ0n) is 27.6. The third-order valence-electron chi connectivity index (χ3n) is 7.01. The van der Waals surface area contributed by atoms with Crippen LogP contribution in [0.1, 0.15) is 163 Å². The molecule has 0 rings (SSSR count). The van der Waals surface area contributed by atoms with Crippen LogP contribution in [0, 0.1) is 0 Å². The summed E-state index contributed by atoms with van der Waals surface area (Å²) in [6.07, 6.45) is 19.5. The van der Waals surface area contributed by atoms with Gasteiger partial charge in [-0.3, -0.25) is 14.4 Å². The zero-order chi connectivity index (χ0) is 30.6. The van der Waals surface area contributed by atoms with Gasteiger partial charge in [0, 0.05) is 19.3 Å². The lowest BCUT2D eigenvalue weighted by Gasteiger charge is -2.23. The SMILES string of the molecule is CCCCCCC(=O)OCCCCCCN(CCCCCCOC(=O)CCCCCC)CCCC(=O)OC(C)(C)C. The molecule has 7 heteroatoms. The largest absolute Gasteiger partial charge is 0.466 e. The van der Waals surface area contributed by atoms with Crippen LogP contribution in [0.2, 0.25) is 0 Å². The van der Waals surface area contributed by atoms with E-state index in [9.17, 15) is 14.4 Å². The van der Waals surface area contributed by atoms with Crippen molar-refractivity contribution in [1.82, 2.24) is 4.90 Å². The number of hydrogen-bond acceptors (Lipinski definition) is 7. The van der Waals surface area contributed by atoms with E-state index in [2.05, 4.69) is 18.7 Å². The maximum atomic E-state index is 12.1. The molecule has 0 spiro atoms. The molecule has 0 aromatic carbocycles. The van der Waals surface area contributed by atoms with E-state index in [1.165, 1.54) is 25.7 Å². The molecule has 7 nitrogen and oxygen atoms in total. The van der Waals surface area contributed by atoms with E-state index in [0.717, 1.165) is 103 Å². The highest BCUT2D eigenvalue weighted by atomic mass is 16.6. The first kappa shape index (κ1) is 39.4. The Kier molecular flexibility index (Phi) is 26.1. The summed E-state index contributed by atoms with van der Waals surface area (Å²) in [5, 5.41) is 0. The number of unbranched alkanes of at least 4 members (excludes halogenated alkanes) is 12. The Bertz CT molecular complexity index is 608. The molecule has 0 aromatic heterocycles. The third kappa shape index (κ3) is 29.7. The van der Waals surface area contributed by atoms with Crippen LogP contribution >= 0.6 is 0 Å². The Balaban J connectivity index is 4.15. The first-order valence-corrected chi connectivity index (χ1v) is 16.9. The first-order chi connectivity index (χ1) is 19.7. The summed E-state index contributed by atoms with van der Waals surface area (Å²) in [5.74, 6) is -0.243. The van der Waals surface area contributed by atoms with Crippen molar-refractivity contribution in [2.75, 3.05) is 32.8 Å². The van der Waals surface area contributed by atoms with Crippen molar-refractivity contribution in [3.8, 4) is 0 Å². The van der Waals surface area contributed by atoms with Gasteiger partial charge in [0.05, 0.1) is 13.2 Å². The number of carbonyl (C=O) groups excluding carboxylic acids is 3. The van der Waals surface area contributed by atoms with Gasteiger partial charge in [-0.1, -0.05) is 78.1 Å². The lowest BCUT2D eigenvalue weighted by Crippen LogP contribution is -2.29. The molecule has 0 aliphatic heterocycles. The predicted octanol–water partition coefficient (Wildman–Crippen LogP) is 8.56. The molecule has 0 saturated heterocycles. The van der Waals surface area contributed by atoms with Gasteiger partial charge in [0.25, 0.3) is 0 Å². The van der Waals surface area contributed by atoms with Crippen LogP contribution in [-0.2, 0) is 28.6 Å². The molecule has 41 heavy (non-hydrogen) atoms. The fourth-order valence-electron chi connectivity index (χ4n) is 4.67. The number of esters is 3. The highest BCUT2D eigenvalue weighted by Gasteiger charge is 2.16. The van der Waals surface area contributed by atoms with Gasteiger partial charge in [-0.05, 0) is 85.4 Å². The van der Waals surface area contributed by atoms with E-state index in [1.54, 1.807) is 0 Å². The van der Waals surface area contributed by atoms with Gasteiger partial charge in [0.1, 0.15) is 5.60 Å². The summed E-state index contributed by atoms with van der Waals surface area (Å²) >= 11 is 0. The number of carbonyl (C=O) groups is 3. The van der Waals surface area contributed by atoms with Crippen LogP contribution in [-0.4, -0.2) is 61.3 Å². The van der Waals surface area contributed by atoms with Crippen LogP contribution in [0.25, 0.3) is 0 Å². The molecular weight excluding hydrogens is 518 g/mol. The maximum Gasteiger partial charge on any atom is 0.306 e. The van der Waals surface area contributed by atoms with Crippen molar-refractivity contribution < 1.29 is 28.6 Å². The van der Waals surface area contributed by atoms with Gasteiger partial charge in [-0.25, -0.2) is 0 Å². The molecule has 0 aromatic rings. The molecule has 0 unspecified atom stereocenters. The van der Waals surface area contributed by atoms with E-state index in [4.69, 9.17) is 14.2 Å². The molecule has 0 aliphatic carbocycles. The van der Waals surface area contributed by atoms with Gasteiger partial charge >= 0.3 is 17.9 Å². The molecule has 0 heterocycles. The van der Waals surface area contributed by atoms with E-state index < -0.39 is 5.60 Å². The van der Waals surface area contributed by atoms with E-state index in [0.29, 0.717) is 32.5 Å². The second kappa shape index (κ2) is 27.2. The molecule has 0 fully saturated rings. The minimum absolute atomic E-state index is 0.0576. The smallest absolute Gasteiger partial charge is 0.306 e. The lowest BCUT2D eigenvalue weighted by atomic mass is 10.1. The van der Waals surface area contributed by atoms with E-state index in [1.807, 2.05) is 20.8 Å². The minimum Gasteiger partial charge on any atom is -0.466 e. The number of ether oxygens (including phenoxy) is 3. The average Bonchev–Trinajstić information content (AvgIpc) is 2.91. The summed E-state index contributed by atoms with van der Waals surface area (Å²) in [4.78, 5) is 38.2. The van der Waals surface area contributed by atoms with Gasteiger partial charge in [-0.2, -0.15) is 0 Å². The molecule has 0 N–H and O–H groups in total. The molecule has 0 aliphatic rings. The molecule has 242 valence electrons. The number of hydrogen-bond donors (Lipinski definition) is 0. The number of nitrogens with zero attached hydrogens (tertiary/aromatic N) is 1. The van der Waals surface area contributed by atoms with Crippen molar-refractivity contribution in [2.24, 2.45) is 0 Å². The molecular formula is C34H65NO6. The monoisotopic (exact) mass is 583 g/mol. The average molecular weight is 584 g/mol. The highest BCUT2D eigenvalue weighted by molar-refractivity contribution is 5.70. The topological polar surface area (TPSA) is 82.1 Å². The van der Waals surface area contributed by atoms with Crippen LogP contribution in [0.3, 0.4) is 0 Å². The lowest BCUT2D eigenvalue weighted by molar-refractivity contribution is -0.155. The fourth-order valence-corrected chi connectivity index (χ4v) is 4.67. The standard InChI is InChI=1S/C34H65NO6/c1-6-8-10-16-23-31(36)39-29-20-14-12-18-26-35(28-22-25-33(38)41-34(3,4)5)27-19-13-15-21-30-40-32(37)24-17-11-9-7-2/h6-30H2,1-5H3. The Morgan fingerprint density at radius 3 is 1.32 bits per heavy atom. The van der Waals surface area contributed by atoms with E-state index in [-0.39, 0.29) is 17.9 Å². The maximum absolute atomic E-state index is 12.1. The summed E-state index contributed by atoms with van der Waals surface area (Å²) in [7, 11) is 0. The zero-order valence-corrected chi connectivity index (χ0v) is 27.6. The van der Waals surface area contributed by atoms with Gasteiger partial charge < -0.3 is 19.1 Å². The second-order valence-electron chi connectivity index (χ2n) is 12.4. The third-order valence-corrected chi connectivity index (χ3v) is 7.01. The fraction of sp³-hybridized carbons (Fsp3) is 0.912. The molecule has 0 bridgehead atoms. The predicted molar refractivity (Wildman–Crippen MR) is 168 cm³/mol. The normalized spacial score (nSPS) is 11.6. The highest BCUT2D eigenvalue weighted by Crippen LogP contribution is 2.12. The summed E-state index contributed by atoms with van der Waals surface area (Å²) in [6, 6.07) is 0. The number of rotatable bonds is 28. The van der Waals surface area contributed by atoms with Crippen molar-refractivity contribution >= 4 is 17.9 Å². The minimum atomic E-state index is -0.441. The Morgan fingerprint density at radius 1 is 0.488 bits per heavy atom. The summed E-state index contributed by atoms with van der Waals surface area (Å²) in [5.41, 5.74) is -0.441. The Hall–Kier alpha value is -1.63. The van der Waals surface area contributed by atoms with Gasteiger partial charge in [0.15, 0.2) is 0 Å². The quantitative estimate of drug-likeness (QED) is 0.0518. The summed E-state index contributed by atoms with van der Waals surface area (Å²) in [6.45, 7) is 14.0. The first-order valence-electron chi connectivity index (χ1n) is 16.9. The van der Waals surface area contributed by atoms with Crippen molar-refractivity contribution in [3.05, 3.63) is 0 Å². The second-order valence-corrected chi connectivity index (χ2v) is 12.4. The molecule has 0 amide bonds. The Labute approximate surface area is 252 Å². The van der Waals surface area contributed by atoms with Gasteiger partial charge in [-0.15, -0.1) is 0 Å². The van der Waals surface area contributed by atoms with Crippen LogP contribution in [0.5, 0.6) is 0 Å². The van der Waals surface area contributed by atoms with Crippen molar-refractivity contribution in [3.63, 3.8) is 0 Å². The van der Waals surface area contributed by atoms with Crippen LogP contribution in [0.4, 0.5) is 0 Å². The molecule has 0 atom stereocenters. The van der Waals surface area contributed by atoms with Crippen molar-refractivity contribution in [1.29, 1.82) is 0 Å². The van der Waals surface area contributed by atoms with Gasteiger partial charge in [0.2, 0.25) is 0 Å². The Morgan fingerprint density at radius 2 is 0.878 bits per heavy atom. The van der Waals surface area contributed by atoms with Crippen LogP contribution in [0.15, 0.2) is 0 Å².